The van der Waals surface area contributed by atoms with Crippen LogP contribution in [-0.2, 0) is 10.0 Å². The number of sulfonamides is 1. The fourth-order valence-corrected chi connectivity index (χ4v) is 4.38. The molecule has 0 unspecified atom stereocenters. The Morgan fingerprint density at radius 3 is 2.42 bits per heavy atom. The summed E-state index contributed by atoms with van der Waals surface area (Å²) < 4.78 is 45.5. The van der Waals surface area contributed by atoms with Crippen LogP contribution in [0.15, 0.2) is 47.4 Å². The summed E-state index contributed by atoms with van der Waals surface area (Å²) in [5.74, 6) is -0.649. The smallest absolute Gasteiger partial charge is 0.255 e. The van der Waals surface area contributed by atoms with Crippen LogP contribution in [0.25, 0.3) is 0 Å². The second-order valence-electron chi connectivity index (χ2n) is 7.67. The van der Waals surface area contributed by atoms with Crippen molar-refractivity contribution in [1.82, 2.24) is 9.21 Å². The lowest BCUT2D eigenvalue weighted by Crippen LogP contribution is -2.33. The zero-order chi connectivity index (χ0) is 22.6. The lowest BCUT2D eigenvalue weighted by molar-refractivity contribution is 0.0773. The van der Waals surface area contributed by atoms with Crippen molar-refractivity contribution in [3.63, 3.8) is 0 Å². The van der Waals surface area contributed by atoms with Crippen LogP contribution < -0.4 is 9.64 Å². The van der Waals surface area contributed by atoms with Gasteiger partial charge in [-0.05, 0) is 43.2 Å². The summed E-state index contributed by atoms with van der Waals surface area (Å²) in [5, 5.41) is 0. The summed E-state index contributed by atoms with van der Waals surface area (Å²) in [6.07, 6.45) is 2.05. The van der Waals surface area contributed by atoms with Crippen molar-refractivity contribution in [2.45, 2.75) is 17.7 Å². The highest BCUT2D eigenvalue weighted by Crippen LogP contribution is 2.29. The van der Waals surface area contributed by atoms with E-state index in [1.165, 1.54) is 37.2 Å². The summed E-state index contributed by atoms with van der Waals surface area (Å²) >= 11 is 0. The molecule has 1 aliphatic heterocycles. The predicted molar refractivity (Wildman–Crippen MR) is 118 cm³/mol. The molecule has 1 saturated heterocycles. The van der Waals surface area contributed by atoms with E-state index >= 15 is 0 Å². The van der Waals surface area contributed by atoms with Gasteiger partial charge in [0.05, 0.1) is 17.0 Å². The van der Waals surface area contributed by atoms with Crippen molar-refractivity contribution in [2.75, 3.05) is 52.3 Å². The number of para-hydroxylation sites is 1. The monoisotopic (exact) mass is 449 g/mol. The van der Waals surface area contributed by atoms with Gasteiger partial charge < -0.3 is 14.5 Å². The van der Waals surface area contributed by atoms with Crippen LogP contribution in [0.1, 0.15) is 23.2 Å². The third-order valence-corrected chi connectivity index (χ3v) is 7.10. The van der Waals surface area contributed by atoms with Gasteiger partial charge in [-0.25, -0.2) is 17.1 Å². The number of rotatable bonds is 8. The Kier molecular flexibility index (Phi) is 7.17. The number of anilines is 1. The molecule has 1 aliphatic rings. The van der Waals surface area contributed by atoms with Crippen LogP contribution in [0.5, 0.6) is 5.75 Å². The Balaban J connectivity index is 1.82. The van der Waals surface area contributed by atoms with Crippen LogP contribution in [0.2, 0.25) is 0 Å². The SMILES string of the molecule is CN(CCOc1ccccc1F)C(=O)c1cc(S(=O)(=O)N(C)C)ccc1N1CCCC1. The third-order valence-electron chi connectivity index (χ3n) is 5.29. The lowest BCUT2D eigenvalue weighted by Gasteiger charge is -2.25. The van der Waals surface area contributed by atoms with Gasteiger partial charge in [0.25, 0.3) is 5.91 Å². The van der Waals surface area contributed by atoms with Crippen molar-refractivity contribution < 1.29 is 22.3 Å². The molecule has 1 fully saturated rings. The summed E-state index contributed by atoms with van der Waals surface area (Å²) in [7, 11) is 0.852. The largest absolute Gasteiger partial charge is 0.489 e. The third kappa shape index (κ3) is 5.16. The maximum atomic E-state index is 13.7. The minimum atomic E-state index is -3.68. The quantitative estimate of drug-likeness (QED) is 0.620. The number of amides is 1. The van der Waals surface area contributed by atoms with E-state index in [0.717, 1.165) is 35.9 Å². The van der Waals surface area contributed by atoms with Gasteiger partial charge in [0.15, 0.2) is 11.6 Å². The first-order valence-electron chi connectivity index (χ1n) is 10.2. The molecule has 0 bridgehead atoms. The molecule has 2 aromatic rings. The topological polar surface area (TPSA) is 70.2 Å². The second kappa shape index (κ2) is 9.65. The van der Waals surface area contributed by atoms with Crippen LogP contribution in [0, 0.1) is 5.82 Å². The van der Waals surface area contributed by atoms with Crippen LogP contribution >= 0.6 is 0 Å². The van der Waals surface area contributed by atoms with Crippen LogP contribution in [-0.4, -0.2) is 70.9 Å². The lowest BCUT2D eigenvalue weighted by atomic mass is 10.1. The Labute approximate surface area is 183 Å². The molecule has 0 spiro atoms. The fourth-order valence-electron chi connectivity index (χ4n) is 3.45. The zero-order valence-corrected chi connectivity index (χ0v) is 18.9. The van der Waals surface area contributed by atoms with Gasteiger partial charge in [-0.2, -0.15) is 0 Å². The van der Waals surface area contributed by atoms with Crippen molar-refractivity contribution in [2.24, 2.45) is 0 Å². The maximum absolute atomic E-state index is 13.7. The molecule has 3 rings (SSSR count). The number of halogens is 1. The van der Waals surface area contributed by atoms with Gasteiger partial charge in [-0.1, -0.05) is 12.1 Å². The van der Waals surface area contributed by atoms with Crippen LogP contribution in [0.3, 0.4) is 0 Å². The molecule has 1 amide bonds. The average Bonchev–Trinajstić information content (AvgIpc) is 3.28. The van der Waals surface area contributed by atoms with Gasteiger partial charge in [-0.15, -0.1) is 0 Å². The summed E-state index contributed by atoms with van der Waals surface area (Å²) in [6, 6.07) is 10.8. The first-order valence-corrected chi connectivity index (χ1v) is 11.6. The molecule has 0 aromatic heterocycles. The zero-order valence-electron chi connectivity index (χ0n) is 18.0. The molecular weight excluding hydrogens is 421 g/mol. The molecule has 1 heterocycles. The molecular formula is C22H28FN3O4S. The van der Waals surface area contributed by atoms with E-state index in [2.05, 4.69) is 4.90 Å². The van der Waals surface area contributed by atoms with E-state index in [9.17, 15) is 17.6 Å². The number of hydrogen-bond donors (Lipinski definition) is 0. The van der Waals surface area contributed by atoms with Gasteiger partial charge in [-0.3, -0.25) is 4.79 Å². The van der Waals surface area contributed by atoms with Crippen molar-refractivity contribution in [3.05, 3.63) is 53.8 Å². The Morgan fingerprint density at radius 2 is 1.77 bits per heavy atom. The van der Waals surface area contributed by atoms with E-state index < -0.39 is 15.8 Å². The predicted octanol–water partition coefficient (Wildman–Crippen LogP) is 2.83. The summed E-state index contributed by atoms with van der Waals surface area (Å²) in [5.41, 5.74) is 1.06. The first-order chi connectivity index (χ1) is 14.7. The summed E-state index contributed by atoms with van der Waals surface area (Å²) in [4.78, 5) is 16.9. The number of carbonyl (C=O) groups is 1. The molecule has 0 aliphatic carbocycles. The van der Waals surface area contributed by atoms with Crippen molar-refractivity contribution in [1.29, 1.82) is 0 Å². The molecule has 168 valence electrons. The minimum Gasteiger partial charge on any atom is -0.489 e. The molecule has 0 radical (unpaired) electrons. The van der Waals surface area contributed by atoms with E-state index in [4.69, 9.17) is 4.74 Å². The van der Waals surface area contributed by atoms with E-state index in [1.807, 2.05) is 0 Å². The van der Waals surface area contributed by atoms with Crippen molar-refractivity contribution in [3.8, 4) is 5.75 Å². The minimum absolute atomic E-state index is 0.0693. The average molecular weight is 450 g/mol. The van der Waals surface area contributed by atoms with Gasteiger partial charge >= 0.3 is 0 Å². The number of benzene rings is 2. The molecule has 2 aromatic carbocycles. The number of nitrogens with zero attached hydrogens (tertiary/aromatic N) is 3. The Bertz CT molecular complexity index is 1040. The number of hydrogen-bond acceptors (Lipinski definition) is 5. The normalized spacial score (nSPS) is 14.2. The molecule has 7 nitrogen and oxygen atoms in total. The van der Waals surface area contributed by atoms with E-state index in [-0.39, 0.29) is 29.7 Å². The van der Waals surface area contributed by atoms with Crippen molar-refractivity contribution >= 4 is 21.6 Å². The molecule has 0 atom stereocenters. The Morgan fingerprint density at radius 1 is 1.10 bits per heavy atom. The Hall–Kier alpha value is -2.65. The highest BCUT2D eigenvalue weighted by Gasteiger charge is 2.26. The number of ether oxygens (including phenoxy) is 1. The summed E-state index contributed by atoms with van der Waals surface area (Å²) in [6.45, 7) is 1.97. The highest BCUT2D eigenvalue weighted by molar-refractivity contribution is 7.89. The second-order valence-corrected chi connectivity index (χ2v) is 9.82. The molecule has 0 N–H and O–H groups in total. The van der Waals surface area contributed by atoms with Crippen LogP contribution in [0.4, 0.5) is 10.1 Å². The number of likely N-dealkylation sites (N-methyl/N-ethyl adjacent to an activating group) is 1. The van der Waals surface area contributed by atoms with E-state index in [0.29, 0.717) is 5.56 Å². The molecule has 9 heteroatoms. The fraction of sp³-hybridized carbons (Fsp3) is 0.409. The van der Waals surface area contributed by atoms with Gasteiger partial charge in [0.1, 0.15) is 6.61 Å². The molecule has 0 saturated carbocycles. The van der Waals surface area contributed by atoms with Gasteiger partial charge in [0.2, 0.25) is 10.0 Å². The van der Waals surface area contributed by atoms with E-state index in [1.54, 1.807) is 31.3 Å². The standard InChI is InChI=1S/C22H28FN3O4S/c1-24(2)31(28,29)17-10-11-20(26-12-6-7-13-26)18(16-17)22(27)25(3)14-15-30-21-9-5-4-8-19(21)23/h4-5,8-11,16H,6-7,12-15H2,1-3H3. The number of carbonyl (C=O) groups excluding carboxylic acids is 1. The maximum Gasteiger partial charge on any atom is 0.255 e. The molecule has 31 heavy (non-hydrogen) atoms. The highest BCUT2D eigenvalue weighted by atomic mass is 32.2. The van der Waals surface area contributed by atoms with Gasteiger partial charge in [0, 0.05) is 39.9 Å². The first kappa shape index (κ1) is 23.0.